The molecule has 0 aromatic heterocycles. The van der Waals surface area contributed by atoms with Gasteiger partial charge in [-0.1, -0.05) is 88.8 Å². The number of hydrogen-bond acceptors (Lipinski definition) is 6. The van der Waals surface area contributed by atoms with Crippen LogP contribution < -0.4 is 0 Å². The fraction of sp³-hybridized carbons (Fsp3) is 0.725. The van der Waals surface area contributed by atoms with Crippen LogP contribution >= 0.6 is 0 Å². The van der Waals surface area contributed by atoms with Crippen LogP contribution in [0.3, 0.4) is 0 Å². The lowest BCUT2D eigenvalue weighted by Gasteiger charge is -2.62. The van der Waals surface area contributed by atoms with Gasteiger partial charge in [-0.05, 0) is 95.1 Å². The van der Waals surface area contributed by atoms with Crippen LogP contribution in [0, 0.1) is 28.6 Å². The number of alkyl halides is 1. The van der Waals surface area contributed by atoms with E-state index in [-0.39, 0.29) is 24.5 Å². The minimum atomic E-state index is -2.03. The van der Waals surface area contributed by atoms with Crippen LogP contribution in [0.1, 0.15) is 130 Å². The molecule has 0 aromatic rings. The number of unbranched alkanes of at least 4 members (excludes halogenated alkanes) is 8. The third kappa shape index (κ3) is 7.32. The fourth-order valence-electron chi connectivity index (χ4n) is 9.55. The molecule has 2 N–H and O–H groups in total. The van der Waals surface area contributed by atoms with Crippen molar-refractivity contribution >= 4 is 17.5 Å². The van der Waals surface area contributed by atoms with E-state index in [0.29, 0.717) is 31.3 Å². The molecule has 0 heterocycles. The summed E-state index contributed by atoms with van der Waals surface area (Å²) in [6.45, 7) is 7.03. The SMILES string of the molecule is CCCCC/C=C/C/C=C/CCCCCCCC(=O)OCC(=O)[C@@]1(O)[C@H](C)C[C@H]2[C@@H]3CCC4=CC(=O)C=C[C@]4(C)[C@@]3(F)[C@@H](O)C[C@@]21C. The van der Waals surface area contributed by atoms with E-state index < -0.39 is 58.4 Å². The minimum absolute atomic E-state index is 0.0954. The Balaban J connectivity index is 1.21. The molecule has 0 spiro atoms. The van der Waals surface area contributed by atoms with E-state index in [1.807, 2.05) is 0 Å². The lowest BCUT2D eigenvalue weighted by Crippen LogP contribution is -2.69. The number of allylic oxidation sites excluding steroid dienone is 8. The molecule has 47 heavy (non-hydrogen) atoms. The molecule has 262 valence electrons. The highest BCUT2D eigenvalue weighted by Gasteiger charge is 2.75. The fourth-order valence-corrected chi connectivity index (χ4v) is 9.55. The van der Waals surface area contributed by atoms with Crippen LogP contribution in [0.15, 0.2) is 48.1 Å². The van der Waals surface area contributed by atoms with Gasteiger partial charge in [-0.25, -0.2) is 4.39 Å². The summed E-state index contributed by atoms with van der Waals surface area (Å²) in [5.41, 5.74) is -5.40. The molecule has 0 amide bonds. The Kier molecular flexibility index (Phi) is 12.7. The third-order valence-electron chi connectivity index (χ3n) is 12.3. The van der Waals surface area contributed by atoms with Gasteiger partial charge in [-0.15, -0.1) is 0 Å². The summed E-state index contributed by atoms with van der Waals surface area (Å²) in [5.74, 6) is -2.64. The lowest BCUT2D eigenvalue weighted by atomic mass is 9.44. The Morgan fingerprint density at radius 1 is 1.00 bits per heavy atom. The Morgan fingerprint density at radius 3 is 2.36 bits per heavy atom. The Bertz CT molecular complexity index is 1250. The molecule has 4 rings (SSSR count). The van der Waals surface area contributed by atoms with Gasteiger partial charge in [0, 0.05) is 23.2 Å². The largest absolute Gasteiger partial charge is 0.458 e. The molecule has 3 saturated carbocycles. The van der Waals surface area contributed by atoms with E-state index in [4.69, 9.17) is 4.74 Å². The van der Waals surface area contributed by atoms with Gasteiger partial charge in [0.05, 0.1) is 6.10 Å². The van der Waals surface area contributed by atoms with E-state index in [9.17, 15) is 24.6 Å². The zero-order valence-corrected chi connectivity index (χ0v) is 29.3. The summed E-state index contributed by atoms with van der Waals surface area (Å²) in [6, 6.07) is 0. The van der Waals surface area contributed by atoms with Crippen LogP contribution in [0.2, 0.25) is 0 Å². The molecule has 0 unspecified atom stereocenters. The third-order valence-corrected chi connectivity index (χ3v) is 12.3. The van der Waals surface area contributed by atoms with Crippen molar-refractivity contribution in [2.45, 2.75) is 148 Å². The van der Waals surface area contributed by atoms with Gasteiger partial charge in [-0.3, -0.25) is 14.4 Å². The highest BCUT2D eigenvalue weighted by Crippen LogP contribution is 2.70. The monoisotopic (exact) mass is 654 g/mol. The second-order valence-corrected chi connectivity index (χ2v) is 15.2. The quantitative estimate of drug-likeness (QED) is 0.0931. The number of carbonyl (C=O) groups excluding carboxylic acids is 3. The van der Waals surface area contributed by atoms with Gasteiger partial charge in [0.1, 0.15) is 5.60 Å². The van der Waals surface area contributed by atoms with Crippen LogP contribution in [-0.4, -0.2) is 51.7 Å². The van der Waals surface area contributed by atoms with Gasteiger partial charge in [0.25, 0.3) is 0 Å². The van der Waals surface area contributed by atoms with Gasteiger partial charge in [-0.2, -0.15) is 0 Å². The average Bonchev–Trinajstić information content (AvgIpc) is 3.24. The van der Waals surface area contributed by atoms with E-state index in [1.54, 1.807) is 26.8 Å². The van der Waals surface area contributed by atoms with Crippen LogP contribution in [0.4, 0.5) is 4.39 Å². The minimum Gasteiger partial charge on any atom is -0.458 e. The van der Waals surface area contributed by atoms with Crippen molar-refractivity contribution in [2.24, 2.45) is 28.6 Å². The molecule has 4 aliphatic rings. The van der Waals surface area contributed by atoms with E-state index >= 15 is 4.39 Å². The number of ketones is 2. The van der Waals surface area contributed by atoms with Gasteiger partial charge < -0.3 is 14.9 Å². The maximum atomic E-state index is 17.3. The van der Waals surface area contributed by atoms with E-state index in [1.165, 1.54) is 37.8 Å². The number of carbonyl (C=O) groups is 3. The number of ether oxygens (including phenoxy) is 1. The second kappa shape index (κ2) is 15.9. The molecule has 0 aliphatic heterocycles. The number of aliphatic hydroxyl groups excluding tert-OH is 1. The molecule has 6 nitrogen and oxygen atoms in total. The maximum Gasteiger partial charge on any atom is 0.306 e. The summed E-state index contributed by atoms with van der Waals surface area (Å²) in [7, 11) is 0. The predicted octanol–water partition coefficient (Wildman–Crippen LogP) is 8.26. The summed E-state index contributed by atoms with van der Waals surface area (Å²) in [6.07, 6.45) is 25.5. The predicted molar refractivity (Wildman–Crippen MR) is 183 cm³/mol. The molecule has 8 atom stereocenters. The topological polar surface area (TPSA) is 101 Å². The lowest BCUT2D eigenvalue weighted by molar-refractivity contribution is -0.220. The number of rotatable bonds is 17. The highest BCUT2D eigenvalue weighted by atomic mass is 19.1. The second-order valence-electron chi connectivity index (χ2n) is 15.2. The van der Waals surface area contributed by atoms with Gasteiger partial charge >= 0.3 is 5.97 Å². The number of hydrogen-bond donors (Lipinski definition) is 2. The Labute approximate surface area is 282 Å². The molecular formula is C40H59FO6. The number of aliphatic hydroxyl groups is 2. The molecular weight excluding hydrogens is 595 g/mol. The standard InChI is InChI=1S/C40H59FO6/c1-5-6-7-8-9-10-11-12-13-14-15-16-17-18-19-20-36(45)47-28-35(44)40(46)29(2)25-33-32-22-21-30-26-31(42)23-24-37(30,3)39(32,41)34(43)27-38(33,40)4/h9-10,12-13,23-24,26,29,32-34,43,46H,5-8,11,14-22,25,27-28H2,1-4H3/b10-9+,13-12+/t29-,32+,33+,34+,37+,38+,39+,40+/m1/s1. The van der Waals surface area contributed by atoms with Gasteiger partial charge in [0.15, 0.2) is 18.1 Å². The first-order chi connectivity index (χ1) is 22.4. The van der Waals surface area contributed by atoms with Crippen molar-refractivity contribution in [2.75, 3.05) is 6.61 Å². The first kappa shape index (κ1) is 37.4. The summed E-state index contributed by atoms with van der Waals surface area (Å²) in [5, 5.41) is 23.6. The molecule has 7 heteroatoms. The van der Waals surface area contributed by atoms with Crippen molar-refractivity contribution in [3.8, 4) is 0 Å². The molecule has 4 aliphatic carbocycles. The summed E-state index contributed by atoms with van der Waals surface area (Å²) in [4.78, 5) is 38.3. The van der Waals surface area contributed by atoms with Crippen molar-refractivity contribution < 1.29 is 33.7 Å². The van der Waals surface area contributed by atoms with Crippen molar-refractivity contribution in [3.05, 3.63) is 48.1 Å². The maximum absolute atomic E-state index is 17.3. The highest BCUT2D eigenvalue weighted by molar-refractivity contribution is 6.01. The van der Waals surface area contributed by atoms with Crippen LogP contribution in [0.25, 0.3) is 0 Å². The molecule has 0 saturated heterocycles. The zero-order valence-electron chi connectivity index (χ0n) is 29.3. The normalized spacial score (nSPS) is 36.3. The molecule has 0 bridgehead atoms. The average molecular weight is 655 g/mol. The summed E-state index contributed by atoms with van der Waals surface area (Å²) >= 11 is 0. The number of esters is 1. The zero-order chi connectivity index (χ0) is 34.3. The Hall–Kier alpha value is -2.38. The molecule has 3 fully saturated rings. The number of halogens is 1. The van der Waals surface area contributed by atoms with E-state index in [2.05, 4.69) is 31.2 Å². The number of fused-ring (bicyclic) bond motifs is 5. The van der Waals surface area contributed by atoms with Gasteiger partial charge in [0.2, 0.25) is 5.78 Å². The van der Waals surface area contributed by atoms with Crippen molar-refractivity contribution in [3.63, 3.8) is 0 Å². The smallest absolute Gasteiger partial charge is 0.306 e. The first-order valence-corrected chi connectivity index (χ1v) is 18.4. The number of Topliss-reactive ketones (excluding diaryl/α,β-unsaturated/α-hetero) is 1. The van der Waals surface area contributed by atoms with Crippen molar-refractivity contribution in [1.29, 1.82) is 0 Å². The Morgan fingerprint density at radius 2 is 1.66 bits per heavy atom. The van der Waals surface area contributed by atoms with Crippen molar-refractivity contribution in [1.82, 2.24) is 0 Å². The van der Waals surface area contributed by atoms with Crippen LogP contribution in [0.5, 0.6) is 0 Å². The molecule has 0 radical (unpaired) electrons. The van der Waals surface area contributed by atoms with E-state index in [0.717, 1.165) is 38.5 Å². The summed E-state index contributed by atoms with van der Waals surface area (Å²) < 4.78 is 22.7. The molecule has 0 aromatic carbocycles. The first-order valence-electron chi connectivity index (χ1n) is 18.4. The van der Waals surface area contributed by atoms with Crippen LogP contribution in [-0.2, 0) is 19.1 Å².